The van der Waals surface area contributed by atoms with Crippen LogP contribution >= 0.6 is 0 Å². The van der Waals surface area contributed by atoms with Crippen LogP contribution in [0.3, 0.4) is 0 Å². The number of carbonyl (C=O) groups excluding carboxylic acids is 2. The number of allylic oxidation sites excluding steroid dienone is 2. The van der Waals surface area contributed by atoms with Gasteiger partial charge in [0, 0.05) is 73.9 Å². The molecule has 0 radical (unpaired) electrons. The number of halogens is 4. The number of pyridine rings is 1. The lowest BCUT2D eigenvalue weighted by Gasteiger charge is -2.32. The number of nitrogens with zero attached hydrogens (tertiary/aromatic N) is 5. The first-order valence-electron chi connectivity index (χ1n) is 17.6. The molecule has 1 atom stereocenters. The molecule has 7 nitrogen and oxygen atoms in total. The summed E-state index contributed by atoms with van der Waals surface area (Å²) in [5, 5.41) is 6.86. The maximum absolute atomic E-state index is 15.1. The van der Waals surface area contributed by atoms with E-state index < -0.39 is 23.6 Å². The molecule has 0 saturated carbocycles. The summed E-state index contributed by atoms with van der Waals surface area (Å²) in [5.74, 6) is -1.33. The van der Waals surface area contributed by atoms with Crippen molar-refractivity contribution in [1.29, 1.82) is 0 Å². The number of Topliss-reactive ketones (excluding diaryl/α,β-unsaturated/α-hetero) is 1. The SMILES string of the molecule is CC1=C(C(=O)Cc2ccc3cnccc3c2)C(c2ccc(C(F)(F)F)c(F)c2)n2nc(C3CCN(C(=O)CCN4CCCCC4)CC3)cc2C1. The predicted octanol–water partition coefficient (Wildman–Crippen LogP) is 7.45. The van der Waals surface area contributed by atoms with E-state index in [1.807, 2.05) is 42.2 Å². The van der Waals surface area contributed by atoms with Crippen LogP contribution in [0, 0.1) is 5.82 Å². The quantitative estimate of drug-likeness (QED) is 0.180. The highest BCUT2D eigenvalue weighted by Gasteiger charge is 2.38. The monoisotopic (exact) mass is 687 g/mol. The van der Waals surface area contributed by atoms with Gasteiger partial charge in [0.05, 0.1) is 11.3 Å². The number of alkyl halides is 3. The average Bonchev–Trinajstić information content (AvgIpc) is 3.53. The third-order valence-corrected chi connectivity index (χ3v) is 10.6. The molecule has 3 aliphatic heterocycles. The standard InChI is InChI=1S/C39H41F4N5O2/c1-25-19-31-23-34(27-10-17-47(18-11-27)36(50)12-16-46-14-3-2-4-15-46)45-48(31)38(29-7-8-32(33(40)22-29)39(41,42)43)37(25)35(49)21-26-5-6-30-24-44-13-9-28(30)20-26/h5-9,13,20,22-24,27,38H,2-4,10-12,14-19,21H2,1H3. The van der Waals surface area contributed by atoms with Gasteiger partial charge in [0.1, 0.15) is 11.9 Å². The molecule has 1 unspecified atom stereocenters. The number of hydrogen-bond acceptors (Lipinski definition) is 5. The van der Waals surface area contributed by atoms with Crippen molar-refractivity contribution in [3.63, 3.8) is 0 Å². The van der Waals surface area contributed by atoms with E-state index in [2.05, 4.69) is 9.88 Å². The van der Waals surface area contributed by atoms with Crippen LogP contribution in [0.2, 0.25) is 0 Å². The molecular weight excluding hydrogens is 646 g/mol. The summed E-state index contributed by atoms with van der Waals surface area (Å²) in [6.07, 6.45) is 4.73. The van der Waals surface area contributed by atoms with E-state index in [1.54, 1.807) is 17.1 Å². The molecule has 2 aromatic heterocycles. The molecule has 0 aliphatic carbocycles. The lowest BCUT2D eigenvalue weighted by Crippen LogP contribution is -2.40. The largest absolute Gasteiger partial charge is 0.419 e. The minimum Gasteiger partial charge on any atom is -0.343 e. The lowest BCUT2D eigenvalue weighted by molar-refractivity contribution is -0.140. The molecule has 0 spiro atoms. The summed E-state index contributed by atoms with van der Waals surface area (Å²) in [5.41, 5.74) is 2.49. The van der Waals surface area contributed by atoms with Crippen molar-refractivity contribution >= 4 is 22.5 Å². The fourth-order valence-corrected chi connectivity index (χ4v) is 7.90. The maximum atomic E-state index is 15.1. The third kappa shape index (κ3) is 7.10. The van der Waals surface area contributed by atoms with Crippen LogP contribution in [-0.4, -0.2) is 69.0 Å². The van der Waals surface area contributed by atoms with Gasteiger partial charge in [-0.25, -0.2) is 4.39 Å². The number of ketones is 1. The van der Waals surface area contributed by atoms with Gasteiger partial charge in [-0.05, 0) is 86.5 Å². The van der Waals surface area contributed by atoms with Crippen molar-refractivity contribution in [2.75, 3.05) is 32.7 Å². The van der Waals surface area contributed by atoms with Crippen LogP contribution in [0.15, 0.2) is 72.1 Å². The fourth-order valence-electron chi connectivity index (χ4n) is 7.90. The smallest absolute Gasteiger partial charge is 0.343 e. The average molecular weight is 688 g/mol. The number of piperidine rings is 2. The van der Waals surface area contributed by atoms with Crippen molar-refractivity contribution in [2.24, 2.45) is 0 Å². The van der Waals surface area contributed by atoms with Gasteiger partial charge in [-0.3, -0.25) is 19.3 Å². The number of rotatable bonds is 8. The second-order valence-electron chi connectivity index (χ2n) is 14.0. The Kier molecular flexibility index (Phi) is 9.61. The Labute approximate surface area is 289 Å². The van der Waals surface area contributed by atoms with Crippen LogP contribution in [0.25, 0.3) is 10.8 Å². The molecule has 2 fully saturated rings. The number of fused-ring (bicyclic) bond motifs is 2. The van der Waals surface area contributed by atoms with Gasteiger partial charge < -0.3 is 9.80 Å². The highest BCUT2D eigenvalue weighted by atomic mass is 19.4. The van der Waals surface area contributed by atoms with Gasteiger partial charge in [0.25, 0.3) is 0 Å². The molecule has 2 aromatic carbocycles. The summed E-state index contributed by atoms with van der Waals surface area (Å²) in [6, 6.07) is 11.6. The van der Waals surface area contributed by atoms with Gasteiger partial charge in [-0.15, -0.1) is 0 Å². The molecule has 50 heavy (non-hydrogen) atoms. The van der Waals surface area contributed by atoms with E-state index in [0.29, 0.717) is 31.5 Å². The van der Waals surface area contributed by atoms with Gasteiger partial charge in [-0.1, -0.05) is 36.3 Å². The Hall–Kier alpha value is -4.38. The number of carbonyl (C=O) groups is 2. The summed E-state index contributed by atoms with van der Waals surface area (Å²) in [6.45, 7) is 6.03. The van der Waals surface area contributed by atoms with Crippen LogP contribution in [0.4, 0.5) is 17.6 Å². The molecule has 4 aromatic rings. The van der Waals surface area contributed by atoms with E-state index in [4.69, 9.17) is 5.10 Å². The van der Waals surface area contributed by atoms with Crippen LogP contribution in [-0.2, 0) is 28.6 Å². The number of aromatic nitrogens is 3. The minimum absolute atomic E-state index is 0.0677. The van der Waals surface area contributed by atoms with Gasteiger partial charge >= 0.3 is 6.18 Å². The van der Waals surface area contributed by atoms with E-state index in [9.17, 15) is 22.8 Å². The van der Waals surface area contributed by atoms with Crippen LogP contribution in [0.1, 0.15) is 85.5 Å². The van der Waals surface area contributed by atoms with Crippen molar-refractivity contribution in [3.8, 4) is 0 Å². The molecule has 1 amide bonds. The Bertz CT molecular complexity index is 1940. The molecule has 0 N–H and O–H groups in total. The van der Waals surface area contributed by atoms with Crippen molar-refractivity contribution < 1.29 is 27.2 Å². The Balaban J connectivity index is 1.14. The molecule has 262 valence electrons. The first-order valence-corrected chi connectivity index (χ1v) is 17.6. The lowest BCUT2D eigenvalue weighted by atomic mass is 9.84. The van der Waals surface area contributed by atoms with E-state index >= 15 is 4.39 Å². The molecule has 5 heterocycles. The summed E-state index contributed by atoms with van der Waals surface area (Å²) in [7, 11) is 0. The minimum atomic E-state index is -4.85. The molecule has 3 aliphatic rings. The number of likely N-dealkylation sites (tertiary alicyclic amines) is 2. The Morgan fingerprint density at radius 2 is 1.70 bits per heavy atom. The Morgan fingerprint density at radius 1 is 0.920 bits per heavy atom. The zero-order chi connectivity index (χ0) is 35.0. The molecule has 11 heteroatoms. The van der Waals surface area contributed by atoms with Gasteiger partial charge in [0.15, 0.2) is 5.78 Å². The van der Waals surface area contributed by atoms with E-state index in [1.165, 1.54) is 25.3 Å². The molecule has 2 saturated heterocycles. The summed E-state index contributed by atoms with van der Waals surface area (Å²) >= 11 is 0. The van der Waals surface area contributed by atoms with Crippen molar-refractivity contribution in [3.05, 3.63) is 106 Å². The third-order valence-electron chi connectivity index (χ3n) is 10.6. The zero-order valence-corrected chi connectivity index (χ0v) is 28.2. The van der Waals surface area contributed by atoms with E-state index in [0.717, 1.165) is 77.9 Å². The topological polar surface area (TPSA) is 71.3 Å². The van der Waals surface area contributed by atoms with Crippen molar-refractivity contribution in [1.82, 2.24) is 24.6 Å². The number of benzene rings is 2. The summed E-state index contributed by atoms with van der Waals surface area (Å²) < 4.78 is 57.4. The zero-order valence-electron chi connectivity index (χ0n) is 28.2. The number of amides is 1. The fraction of sp³-hybridized carbons (Fsp3) is 0.436. The van der Waals surface area contributed by atoms with E-state index in [-0.39, 0.29) is 29.6 Å². The Morgan fingerprint density at radius 3 is 2.44 bits per heavy atom. The molecule has 7 rings (SSSR count). The van der Waals surface area contributed by atoms with Gasteiger partial charge in [0.2, 0.25) is 5.91 Å². The normalized spacial score (nSPS) is 19.2. The highest BCUT2D eigenvalue weighted by Crippen LogP contribution is 2.40. The second-order valence-corrected chi connectivity index (χ2v) is 14.0. The first kappa shape index (κ1) is 34.1. The van der Waals surface area contributed by atoms with Gasteiger partial charge in [-0.2, -0.15) is 18.3 Å². The first-order chi connectivity index (χ1) is 24.0. The number of hydrogen-bond donors (Lipinski definition) is 0. The predicted molar refractivity (Wildman–Crippen MR) is 182 cm³/mol. The maximum Gasteiger partial charge on any atom is 0.419 e. The molecule has 0 bridgehead atoms. The van der Waals surface area contributed by atoms with Crippen LogP contribution < -0.4 is 0 Å². The summed E-state index contributed by atoms with van der Waals surface area (Å²) in [4.78, 5) is 35.6. The molecular formula is C39H41F4N5O2. The highest BCUT2D eigenvalue weighted by molar-refractivity contribution is 5.99. The van der Waals surface area contributed by atoms with Crippen LogP contribution in [0.5, 0.6) is 0 Å². The second kappa shape index (κ2) is 14.1. The van der Waals surface area contributed by atoms with Crippen molar-refractivity contribution in [2.45, 2.75) is 76.4 Å².